The molecule has 0 spiro atoms. The summed E-state index contributed by atoms with van der Waals surface area (Å²) in [4.78, 5) is 11.4. The molecule has 1 amide bonds. The SMILES string of the molecule is CCC(C)NC(=O)C=Cc1ccc(F)c(Cl)c1. The number of carbonyl (C=O) groups excluding carboxylic acids is 1. The maximum absolute atomic E-state index is 12.9. The van der Waals surface area contributed by atoms with Gasteiger partial charge in [0.2, 0.25) is 5.91 Å². The summed E-state index contributed by atoms with van der Waals surface area (Å²) in [6, 6.07) is 4.45. The Labute approximate surface area is 105 Å². The van der Waals surface area contributed by atoms with E-state index in [4.69, 9.17) is 11.6 Å². The van der Waals surface area contributed by atoms with Crippen molar-refractivity contribution in [3.63, 3.8) is 0 Å². The lowest BCUT2D eigenvalue weighted by molar-refractivity contribution is -0.117. The smallest absolute Gasteiger partial charge is 0.244 e. The van der Waals surface area contributed by atoms with Crippen molar-refractivity contribution in [1.29, 1.82) is 0 Å². The standard InChI is InChI=1S/C13H15ClFNO/c1-3-9(2)16-13(17)7-5-10-4-6-12(15)11(14)8-10/h4-9H,3H2,1-2H3,(H,16,17). The molecule has 0 bridgehead atoms. The molecule has 1 rings (SSSR count). The van der Waals surface area contributed by atoms with Gasteiger partial charge < -0.3 is 5.32 Å². The van der Waals surface area contributed by atoms with Crippen molar-refractivity contribution in [2.45, 2.75) is 26.3 Å². The van der Waals surface area contributed by atoms with Gasteiger partial charge in [-0.15, -0.1) is 0 Å². The average molecular weight is 256 g/mol. The third-order valence-electron chi connectivity index (χ3n) is 2.37. The van der Waals surface area contributed by atoms with Crippen LogP contribution in [0.4, 0.5) is 4.39 Å². The molecule has 0 aromatic heterocycles. The highest BCUT2D eigenvalue weighted by molar-refractivity contribution is 6.30. The van der Waals surface area contributed by atoms with Gasteiger partial charge >= 0.3 is 0 Å². The summed E-state index contributed by atoms with van der Waals surface area (Å²) in [7, 11) is 0. The van der Waals surface area contributed by atoms with E-state index < -0.39 is 5.82 Å². The highest BCUT2D eigenvalue weighted by atomic mass is 35.5. The Hall–Kier alpha value is -1.35. The summed E-state index contributed by atoms with van der Waals surface area (Å²) in [5.41, 5.74) is 0.690. The van der Waals surface area contributed by atoms with Crippen molar-refractivity contribution < 1.29 is 9.18 Å². The summed E-state index contributed by atoms with van der Waals surface area (Å²) in [6.07, 6.45) is 3.89. The van der Waals surface area contributed by atoms with E-state index in [1.54, 1.807) is 12.1 Å². The molecule has 2 nitrogen and oxygen atoms in total. The molecule has 1 unspecified atom stereocenters. The van der Waals surface area contributed by atoms with Crippen LogP contribution in [0.25, 0.3) is 6.08 Å². The van der Waals surface area contributed by atoms with E-state index in [9.17, 15) is 9.18 Å². The average Bonchev–Trinajstić information content (AvgIpc) is 2.30. The molecule has 0 radical (unpaired) electrons. The van der Waals surface area contributed by atoms with Gasteiger partial charge in [-0.1, -0.05) is 24.6 Å². The lowest BCUT2D eigenvalue weighted by atomic mass is 10.2. The minimum atomic E-state index is -0.465. The Morgan fingerprint density at radius 3 is 2.88 bits per heavy atom. The summed E-state index contributed by atoms with van der Waals surface area (Å²) < 4.78 is 12.9. The number of rotatable bonds is 4. The van der Waals surface area contributed by atoms with Crippen LogP contribution >= 0.6 is 11.6 Å². The maximum Gasteiger partial charge on any atom is 0.244 e. The zero-order valence-corrected chi connectivity index (χ0v) is 10.6. The Morgan fingerprint density at radius 2 is 2.29 bits per heavy atom. The van der Waals surface area contributed by atoms with Crippen LogP contribution in [0.5, 0.6) is 0 Å². The van der Waals surface area contributed by atoms with Gasteiger partial charge in [-0.05, 0) is 37.1 Å². The molecular weight excluding hydrogens is 241 g/mol. The fourth-order valence-electron chi connectivity index (χ4n) is 1.18. The van der Waals surface area contributed by atoms with E-state index in [0.717, 1.165) is 6.42 Å². The lowest BCUT2D eigenvalue weighted by Gasteiger charge is -2.08. The van der Waals surface area contributed by atoms with Crippen LogP contribution in [0.2, 0.25) is 5.02 Å². The number of benzene rings is 1. The number of carbonyl (C=O) groups is 1. The quantitative estimate of drug-likeness (QED) is 0.821. The first-order chi connectivity index (χ1) is 8.02. The van der Waals surface area contributed by atoms with Gasteiger partial charge in [0.15, 0.2) is 0 Å². The monoisotopic (exact) mass is 255 g/mol. The van der Waals surface area contributed by atoms with Crippen LogP contribution < -0.4 is 5.32 Å². The van der Waals surface area contributed by atoms with Crippen molar-refractivity contribution in [3.05, 3.63) is 40.7 Å². The first-order valence-electron chi connectivity index (χ1n) is 5.46. The Kier molecular flexibility index (Phi) is 5.16. The molecule has 0 saturated heterocycles. The number of hydrogen-bond donors (Lipinski definition) is 1. The minimum absolute atomic E-state index is 0.0504. The molecule has 0 aliphatic carbocycles. The molecule has 92 valence electrons. The molecule has 1 aromatic carbocycles. The van der Waals surface area contributed by atoms with Gasteiger partial charge in [0.1, 0.15) is 5.82 Å². The van der Waals surface area contributed by atoms with Gasteiger partial charge in [-0.3, -0.25) is 4.79 Å². The predicted molar refractivity (Wildman–Crippen MR) is 68.3 cm³/mol. The van der Waals surface area contributed by atoms with Crippen molar-refractivity contribution in [3.8, 4) is 0 Å². The van der Waals surface area contributed by atoms with E-state index in [2.05, 4.69) is 5.32 Å². The molecule has 0 fully saturated rings. The highest BCUT2D eigenvalue weighted by Gasteiger charge is 2.02. The second kappa shape index (κ2) is 6.40. The van der Waals surface area contributed by atoms with E-state index in [-0.39, 0.29) is 17.0 Å². The van der Waals surface area contributed by atoms with Crippen molar-refractivity contribution in [2.75, 3.05) is 0 Å². The summed E-state index contributed by atoms with van der Waals surface area (Å²) >= 11 is 5.63. The molecule has 1 N–H and O–H groups in total. The summed E-state index contributed by atoms with van der Waals surface area (Å²) in [6.45, 7) is 3.93. The summed E-state index contributed by atoms with van der Waals surface area (Å²) in [5.74, 6) is -0.632. The van der Waals surface area contributed by atoms with Gasteiger partial charge in [-0.2, -0.15) is 0 Å². The van der Waals surface area contributed by atoms with Crippen molar-refractivity contribution >= 4 is 23.6 Å². The zero-order chi connectivity index (χ0) is 12.8. The van der Waals surface area contributed by atoms with Crippen LogP contribution in [0.3, 0.4) is 0 Å². The molecule has 0 aliphatic heterocycles. The number of nitrogens with one attached hydrogen (secondary N) is 1. The largest absolute Gasteiger partial charge is 0.350 e. The maximum atomic E-state index is 12.9. The normalized spacial score (nSPS) is 12.7. The van der Waals surface area contributed by atoms with Gasteiger partial charge in [0, 0.05) is 12.1 Å². The Balaban J connectivity index is 2.64. The third kappa shape index (κ3) is 4.57. The second-order valence-corrected chi connectivity index (χ2v) is 4.23. The topological polar surface area (TPSA) is 29.1 Å². The van der Waals surface area contributed by atoms with E-state index in [1.165, 1.54) is 18.2 Å². The second-order valence-electron chi connectivity index (χ2n) is 3.82. The molecule has 0 saturated carbocycles. The molecule has 4 heteroatoms. The van der Waals surface area contributed by atoms with Crippen LogP contribution in [0.15, 0.2) is 24.3 Å². The van der Waals surface area contributed by atoms with Crippen LogP contribution in [0, 0.1) is 5.82 Å². The van der Waals surface area contributed by atoms with Crippen LogP contribution in [0.1, 0.15) is 25.8 Å². The van der Waals surface area contributed by atoms with Crippen LogP contribution in [-0.2, 0) is 4.79 Å². The van der Waals surface area contributed by atoms with Gasteiger partial charge in [-0.25, -0.2) is 4.39 Å². The number of amides is 1. The fourth-order valence-corrected chi connectivity index (χ4v) is 1.37. The first kappa shape index (κ1) is 13.7. The van der Waals surface area contributed by atoms with E-state index in [1.807, 2.05) is 13.8 Å². The third-order valence-corrected chi connectivity index (χ3v) is 2.66. The first-order valence-corrected chi connectivity index (χ1v) is 5.84. The molecule has 17 heavy (non-hydrogen) atoms. The zero-order valence-electron chi connectivity index (χ0n) is 9.84. The Morgan fingerprint density at radius 1 is 1.59 bits per heavy atom. The van der Waals surface area contributed by atoms with E-state index >= 15 is 0 Å². The summed E-state index contributed by atoms with van der Waals surface area (Å²) in [5, 5.41) is 2.84. The highest BCUT2D eigenvalue weighted by Crippen LogP contribution is 2.16. The molecular formula is C13H15ClFNO. The van der Waals surface area contributed by atoms with Gasteiger partial charge in [0.05, 0.1) is 5.02 Å². The van der Waals surface area contributed by atoms with Crippen molar-refractivity contribution in [2.24, 2.45) is 0 Å². The minimum Gasteiger partial charge on any atom is -0.350 e. The molecule has 0 aliphatic rings. The fraction of sp³-hybridized carbons (Fsp3) is 0.308. The van der Waals surface area contributed by atoms with Crippen molar-refractivity contribution in [1.82, 2.24) is 5.32 Å². The van der Waals surface area contributed by atoms with Gasteiger partial charge in [0.25, 0.3) is 0 Å². The predicted octanol–water partition coefficient (Wildman–Crippen LogP) is 3.41. The Bertz CT molecular complexity index is 431. The number of hydrogen-bond acceptors (Lipinski definition) is 1. The lowest BCUT2D eigenvalue weighted by Crippen LogP contribution is -2.30. The van der Waals surface area contributed by atoms with E-state index in [0.29, 0.717) is 5.56 Å². The molecule has 1 atom stereocenters. The molecule has 0 heterocycles. The number of halogens is 2. The molecule has 1 aromatic rings. The van der Waals surface area contributed by atoms with Crippen LogP contribution in [-0.4, -0.2) is 11.9 Å².